The largest absolute Gasteiger partial charge is 0.416 e. The van der Waals surface area contributed by atoms with Crippen molar-refractivity contribution in [3.05, 3.63) is 34.6 Å². The summed E-state index contributed by atoms with van der Waals surface area (Å²) in [5.74, 6) is 0.740. The molecule has 1 aromatic carbocycles. The Morgan fingerprint density at radius 1 is 1.27 bits per heavy atom. The zero-order valence-electron chi connectivity index (χ0n) is 12.0. The molecule has 0 unspecified atom stereocenters. The maximum atomic E-state index is 11.8. The van der Waals surface area contributed by atoms with Crippen molar-refractivity contribution >= 4 is 39.3 Å². The topological polar surface area (TPSA) is 95.7 Å². The molecule has 1 amide bonds. The van der Waals surface area contributed by atoms with Crippen molar-refractivity contribution in [3.63, 3.8) is 0 Å². The molecule has 1 aromatic heterocycles. The van der Waals surface area contributed by atoms with Crippen LogP contribution in [0.25, 0.3) is 0 Å². The third-order valence-electron chi connectivity index (χ3n) is 2.79. The molecule has 8 heteroatoms. The Kier molecular flexibility index (Phi) is 6.88. The number of nitrogens with one attached hydrogen (secondary N) is 1. The lowest BCUT2D eigenvalue weighted by Crippen LogP contribution is -2.50. The fourth-order valence-electron chi connectivity index (χ4n) is 1.71. The lowest BCUT2D eigenvalue weighted by Gasteiger charge is -2.03. The zero-order chi connectivity index (χ0) is 15.8. The monoisotopic (exact) mass is 385 g/mol. The predicted octanol–water partition coefficient (Wildman–Crippen LogP) is 2.13. The summed E-state index contributed by atoms with van der Waals surface area (Å²) in [6, 6.07) is 7.41. The number of thioether (sulfide) groups is 1. The summed E-state index contributed by atoms with van der Waals surface area (Å²) in [7, 11) is 0. The molecule has 0 radical (unpaired) electrons. The fourth-order valence-corrected chi connectivity index (χ4v) is 2.55. The third kappa shape index (κ3) is 5.78. The van der Waals surface area contributed by atoms with Gasteiger partial charge in [-0.3, -0.25) is 4.79 Å². The van der Waals surface area contributed by atoms with Crippen molar-refractivity contribution in [2.24, 2.45) is 0 Å². The Hall–Kier alpha value is -1.38. The molecular formula is C14H18BrN4O2S+. The Morgan fingerprint density at radius 3 is 2.77 bits per heavy atom. The number of halogens is 1. The first-order chi connectivity index (χ1) is 10.7. The van der Waals surface area contributed by atoms with Gasteiger partial charge in [-0.1, -0.05) is 27.7 Å². The van der Waals surface area contributed by atoms with Crippen LogP contribution in [0.1, 0.15) is 18.7 Å². The van der Waals surface area contributed by atoms with Gasteiger partial charge in [0.15, 0.2) is 0 Å². The number of anilines is 1. The molecule has 22 heavy (non-hydrogen) atoms. The molecule has 0 aliphatic rings. The normalized spacial score (nSPS) is 10.6. The number of nitrogens with zero attached hydrogens (tertiary/aromatic N) is 2. The molecular weight excluding hydrogens is 368 g/mol. The molecule has 2 aromatic rings. The summed E-state index contributed by atoms with van der Waals surface area (Å²) in [5.41, 5.74) is 4.55. The minimum atomic E-state index is -0.107. The number of aryl methyl sites for hydroxylation is 1. The van der Waals surface area contributed by atoms with Gasteiger partial charge in [-0.25, -0.2) is 0 Å². The molecule has 118 valence electrons. The molecule has 2 rings (SSSR count). The molecule has 1 heterocycles. The SMILES string of the molecule is [NH3+]CCCCc1nnc(SCC(=O)Nc2ccc(Br)cc2)o1. The van der Waals surface area contributed by atoms with Gasteiger partial charge in [0.25, 0.3) is 5.22 Å². The molecule has 0 saturated heterocycles. The van der Waals surface area contributed by atoms with Crippen LogP contribution in [-0.2, 0) is 11.2 Å². The Labute approximate surface area is 141 Å². The van der Waals surface area contributed by atoms with E-state index in [9.17, 15) is 4.79 Å². The van der Waals surface area contributed by atoms with Crippen LogP contribution in [0.15, 0.2) is 38.4 Å². The Morgan fingerprint density at radius 2 is 2.05 bits per heavy atom. The second kappa shape index (κ2) is 8.92. The Bertz CT molecular complexity index is 603. The number of rotatable bonds is 8. The highest BCUT2D eigenvalue weighted by molar-refractivity contribution is 9.10. The molecule has 0 fully saturated rings. The first-order valence-corrected chi connectivity index (χ1v) is 8.75. The predicted molar refractivity (Wildman–Crippen MR) is 88.5 cm³/mol. The van der Waals surface area contributed by atoms with E-state index in [2.05, 4.69) is 37.2 Å². The lowest BCUT2D eigenvalue weighted by molar-refractivity contribution is -0.368. The van der Waals surface area contributed by atoms with Crippen molar-refractivity contribution < 1.29 is 14.9 Å². The van der Waals surface area contributed by atoms with E-state index >= 15 is 0 Å². The van der Waals surface area contributed by atoms with E-state index in [-0.39, 0.29) is 11.7 Å². The van der Waals surface area contributed by atoms with E-state index in [4.69, 9.17) is 4.42 Å². The van der Waals surface area contributed by atoms with Crippen LogP contribution < -0.4 is 11.1 Å². The minimum Gasteiger partial charge on any atom is -0.416 e. The summed E-state index contributed by atoms with van der Waals surface area (Å²) in [4.78, 5) is 11.8. The lowest BCUT2D eigenvalue weighted by atomic mass is 10.2. The van der Waals surface area contributed by atoms with Crippen molar-refractivity contribution in [2.45, 2.75) is 24.5 Å². The smallest absolute Gasteiger partial charge is 0.277 e. The van der Waals surface area contributed by atoms with Crippen LogP contribution in [0.3, 0.4) is 0 Å². The van der Waals surface area contributed by atoms with Crippen molar-refractivity contribution in [2.75, 3.05) is 17.6 Å². The highest BCUT2D eigenvalue weighted by atomic mass is 79.9. The average molecular weight is 386 g/mol. The minimum absolute atomic E-state index is 0.107. The number of carbonyl (C=O) groups excluding carboxylic acids is 1. The van der Waals surface area contributed by atoms with E-state index in [1.54, 1.807) is 0 Å². The maximum Gasteiger partial charge on any atom is 0.277 e. The molecule has 6 nitrogen and oxygen atoms in total. The van der Waals surface area contributed by atoms with Crippen molar-refractivity contribution in [1.82, 2.24) is 10.2 Å². The van der Waals surface area contributed by atoms with Crippen LogP contribution in [-0.4, -0.2) is 28.4 Å². The van der Waals surface area contributed by atoms with Gasteiger partial charge in [0, 0.05) is 16.6 Å². The van der Waals surface area contributed by atoms with Gasteiger partial charge in [-0.15, -0.1) is 10.2 Å². The van der Waals surface area contributed by atoms with Gasteiger partial charge in [-0.2, -0.15) is 0 Å². The summed E-state index contributed by atoms with van der Waals surface area (Å²) < 4.78 is 6.45. The number of quaternary nitrogens is 1. The fraction of sp³-hybridized carbons (Fsp3) is 0.357. The first-order valence-electron chi connectivity index (χ1n) is 6.97. The average Bonchev–Trinajstić information content (AvgIpc) is 2.96. The third-order valence-corrected chi connectivity index (χ3v) is 4.14. The van der Waals surface area contributed by atoms with Gasteiger partial charge in [0.1, 0.15) is 0 Å². The van der Waals surface area contributed by atoms with E-state index in [0.29, 0.717) is 11.1 Å². The van der Waals surface area contributed by atoms with Crippen LogP contribution >= 0.6 is 27.7 Å². The number of hydrogen-bond donors (Lipinski definition) is 2. The Balaban J connectivity index is 1.75. The summed E-state index contributed by atoms with van der Waals surface area (Å²) in [6.45, 7) is 0.909. The number of amides is 1. The molecule has 0 bridgehead atoms. The molecule has 0 aliphatic carbocycles. The standard InChI is InChI=1S/C14H17BrN4O2S/c15-10-4-6-11(7-5-10)17-12(20)9-22-14-19-18-13(21-14)3-1-2-8-16/h4-7H,1-3,8-9,16H2,(H,17,20)/p+1. The van der Waals surface area contributed by atoms with Crippen LogP contribution in [0, 0.1) is 0 Å². The molecule has 4 N–H and O–H groups in total. The highest BCUT2D eigenvalue weighted by Gasteiger charge is 2.10. The van der Waals surface area contributed by atoms with Crippen molar-refractivity contribution in [3.8, 4) is 0 Å². The number of carbonyl (C=O) groups is 1. The summed E-state index contributed by atoms with van der Waals surface area (Å²) >= 11 is 4.59. The van der Waals surface area contributed by atoms with Gasteiger partial charge >= 0.3 is 0 Å². The van der Waals surface area contributed by atoms with Gasteiger partial charge in [0.05, 0.1) is 12.3 Å². The summed E-state index contributed by atoms with van der Waals surface area (Å²) in [5, 5.41) is 11.1. The second-order valence-corrected chi connectivity index (χ2v) is 6.46. The number of hydrogen-bond acceptors (Lipinski definition) is 5. The molecule has 0 spiro atoms. The van der Waals surface area contributed by atoms with Crippen LogP contribution in [0.5, 0.6) is 0 Å². The molecule has 0 atom stereocenters. The van der Waals surface area contributed by atoms with E-state index < -0.39 is 0 Å². The second-order valence-electron chi connectivity index (χ2n) is 4.62. The van der Waals surface area contributed by atoms with Gasteiger partial charge in [0.2, 0.25) is 11.8 Å². The van der Waals surface area contributed by atoms with Crippen molar-refractivity contribution in [1.29, 1.82) is 0 Å². The van der Waals surface area contributed by atoms with Gasteiger partial charge < -0.3 is 15.5 Å². The highest BCUT2D eigenvalue weighted by Crippen LogP contribution is 2.18. The van der Waals surface area contributed by atoms with E-state index in [0.717, 1.165) is 36.0 Å². The van der Waals surface area contributed by atoms with Crippen LogP contribution in [0.4, 0.5) is 5.69 Å². The van der Waals surface area contributed by atoms with E-state index in [1.807, 2.05) is 24.3 Å². The molecule has 0 aliphatic heterocycles. The maximum absolute atomic E-state index is 11.8. The van der Waals surface area contributed by atoms with Crippen LogP contribution in [0.2, 0.25) is 0 Å². The summed E-state index contributed by atoms with van der Waals surface area (Å²) in [6.07, 6.45) is 2.79. The zero-order valence-corrected chi connectivity index (χ0v) is 14.5. The quantitative estimate of drug-likeness (QED) is 0.535. The number of aromatic nitrogens is 2. The number of unbranched alkanes of at least 4 members (excludes halogenated alkanes) is 1. The van der Waals surface area contributed by atoms with E-state index in [1.165, 1.54) is 11.8 Å². The number of benzene rings is 1. The molecule has 0 saturated carbocycles. The first kappa shape index (κ1) is 17.0. The van der Waals surface area contributed by atoms with Gasteiger partial charge in [-0.05, 0) is 37.1 Å².